The van der Waals surface area contributed by atoms with Crippen molar-refractivity contribution in [3.05, 3.63) is 0 Å². The minimum absolute atomic E-state index is 0.0142. The second-order valence-electron chi connectivity index (χ2n) is 8.49. The quantitative estimate of drug-likeness (QED) is 0.112. The van der Waals surface area contributed by atoms with Gasteiger partial charge in [-0.25, -0.2) is 0 Å². The van der Waals surface area contributed by atoms with Crippen LogP contribution < -0.4 is 0 Å². The monoisotopic (exact) mass is 669 g/mol. The summed E-state index contributed by atoms with van der Waals surface area (Å²) in [5.74, 6) is -40.1. The third-order valence-electron chi connectivity index (χ3n) is 5.34. The van der Waals surface area contributed by atoms with Crippen molar-refractivity contribution in [1.29, 1.82) is 0 Å². The van der Waals surface area contributed by atoms with Gasteiger partial charge in [0, 0.05) is 27.3 Å². The van der Waals surface area contributed by atoms with Crippen molar-refractivity contribution >= 4 is 5.91 Å². The lowest BCUT2D eigenvalue weighted by Gasteiger charge is -2.39. The highest BCUT2D eigenvalue weighted by Gasteiger charge is 2.90. The maximum atomic E-state index is 14.3. The maximum absolute atomic E-state index is 14.3. The summed E-state index contributed by atoms with van der Waals surface area (Å²) >= 11 is 0. The van der Waals surface area contributed by atoms with Gasteiger partial charge in [0.05, 0.1) is 72.5 Å². The lowest BCUT2D eigenvalue weighted by atomic mass is 9.92. The normalized spacial score (nSPS) is 13.9. The minimum Gasteiger partial charge on any atom is -0.382 e. The summed E-state index contributed by atoms with van der Waals surface area (Å²) in [6, 6.07) is 0. The Morgan fingerprint density at radius 1 is 0.488 bits per heavy atom. The van der Waals surface area contributed by atoms with Crippen LogP contribution in [0.3, 0.4) is 0 Å². The average Bonchev–Trinajstić information content (AvgIpc) is 2.88. The van der Waals surface area contributed by atoms with E-state index in [1.54, 1.807) is 0 Å². The molecule has 0 heterocycles. The Morgan fingerprint density at radius 2 is 0.814 bits per heavy atom. The van der Waals surface area contributed by atoms with Crippen molar-refractivity contribution in [1.82, 2.24) is 4.90 Å². The van der Waals surface area contributed by atoms with Gasteiger partial charge in [0.2, 0.25) is 5.91 Å². The summed E-state index contributed by atoms with van der Waals surface area (Å²) < 4.78 is 204. The van der Waals surface area contributed by atoms with Crippen LogP contribution in [0, 0.1) is 0 Å². The van der Waals surface area contributed by atoms with Gasteiger partial charge in [0.25, 0.3) is 0 Å². The SMILES string of the molecule is COCCOCCOCCN(CCOCCOCCOC)C(=O)CC(F)(F)C(F)(F)C(F)(F)C(F)(F)C(F)(F)C(F)(F)F. The largest absolute Gasteiger partial charge is 0.460 e. The molecule has 21 heteroatoms. The third-order valence-corrected chi connectivity index (χ3v) is 5.34. The van der Waals surface area contributed by atoms with E-state index in [0.29, 0.717) is 4.90 Å². The van der Waals surface area contributed by atoms with Crippen LogP contribution in [-0.4, -0.2) is 140 Å². The summed E-state index contributed by atoms with van der Waals surface area (Å²) in [5, 5.41) is 0. The summed E-state index contributed by atoms with van der Waals surface area (Å²) in [5.41, 5.74) is 0. The number of amides is 1. The predicted molar refractivity (Wildman–Crippen MR) is 119 cm³/mol. The molecule has 0 unspecified atom stereocenters. The number of ether oxygens (including phenoxy) is 6. The average molecular weight is 669 g/mol. The number of hydrogen-bond donors (Lipinski definition) is 0. The minimum atomic E-state index is -8.05. The van der Waals surface area contributed by atoms with E-state index < -0.39 is 74.4 Å². The number of carbonyl (C=O) groups is 1. The smallest absolute Gasteiger partial charge is 0.382 e. The molecule has 258 valence electrons. The molecule has 0 bridgehead atoms. The zero-order valence-electron chi connectivity index (χ0n) is 22.9. The van der Waals surface area contributed by atoms with Gasteiger partial charge in [0.15, 0.2) is 0 Å². The Balaban J connectivity index is 5.58. The highest BCUT2D eigenvalue weighted by molar-refractivity contribution is 5.77. The molecule has 0 aliphatic heterocycles. The number of hydrogen-bond acceptors (Lipinski definition) is 7. The van der Waals surface area contributed by atoms with E-state index in [9.17, 15) is 61.9 Å². The second-order valence-corrected chi connectivity index (χ2v) is 8.49. The van der Waals surface area contributed by atoms with Crippen molar-refractivity contribution in [2.75, 3.05) is 93.4 Å². The molecule has 0 saturated heterocycles. The number of rotatable bonds is 24. The fourth-order valence-corrected chi connectivity index (χ4v) is 2.85. The molecule has 0 N–H and O–H groups in total. The van der Waals surface area contributed by atoms with Crippen LogP contribution >= 0.6 is 0 Å². The van der Waals surface area contributed by atoms with Crippen molar-refractivity contribution in [3.63, 3.8) is 0 Å². The molecule has 1 amide bonds. The van der Waals surface area contributed by atoms with Gasteiger partial charge < -0.3 is 33.3 Å². The Bertz CT molecular complexity index is 782. The molecule has 0 atom stereocenters. The number of methoxy groups -OCH3 is 2. The zero-order chi connectivity index (χ0) is 33.6. The highest BCUT2D eigenvalue weighted by atomic mass is 19.4. The topological polar surface area (TPSA) is 75.7 Å². The standard InChI is InChI=1S/C22H32F13NO7/c1-38-7-9-42-13-11-40-5-3-36(4-6-41-12-14-43-10-8-39-2)16(37)15-17(23,24)18(25,26)19(27,28)20(29,30)21(31,32)22(33,34)35/h3-15H2,1-2H3. The molecule has 0 aromatic carbocycles. The second kappa shape index (κ2) is 17.7. The summed E-state index contributed by atoms with van der Waals surface area (Å²) in [4.78, 5) is 12.7. The van der Waals surface area contributed by atoms with Crippen LogP contribution in [0.2, 0.25) is 0 Å². The van der Waals surface area contributed by atoms with E-state index in [1.165, 1.54) is 14.2 Å². The molecule has 0 rings (SSSR count). The Morgan fingerprint density at radius 3 is 1.16 bits per heavy atom. The first-order valence-electron chi connectivity index (χ1n) is 12.2. The van der Waals surface area contributed by atoms with Gasteiger partial charge in [-0.3, -0.25) is 4.79 Å². The molecule has 0 fully saturated rings. The zero-order valence-corrected chi connectivity index (χ0v) is 22.9. The number of halogens is 13. The molecular weight excluding hydrogens is 637 g/mol. The van der Waals surface area contributed by atoms with Crippen LogP contribution in [0.1, 0.15) is 6.42 Å². The Kier molecular flexibility index (Phi) is 17.0. The molecule has 0 aliphatic rings. The van der Waals surface area contributed by atoms with Crippen LogP contribution in [0.4, 0.5) is 57.1 Å². The van der Waals surface area contributed by atoms with E-state index in [2.05, 4.69) is 0 Å². The van der Waals surface area contributed by atoms with Gasteiger partial charge in [0.1, 0.15) is 0 Å². The van der Waals surface area contributed by atoms with Crippen molar-refractivity contribution in [3.8, 4) is 0 Å². The lowest BCUT2D eigenvalue weighted by molar-refractivity contribution is -0.439. The van der Waals surface area contributed by atoms with E-state index in [-0.39, 0.29) is 52.9 Å². The van der Waals surface area contributed by atoms with Gasteiger partial charge in [-0.2, -0.15) is 57.1 Å². The molecule has 0 aromatic heterocycles. The predicted octanol–water partition coefficient (Wildman–Crippen LogP) is 4.30. The van der Waals surface area contributed by atoms with E-state index >= 15 is 0 Å². The van der Waals surface area contributed by atoms with Gasteiger partial charge in [-0.15, -0.1) is 0 Å². The fourth-order valence-electron chi connectivity index (χ4n) is 2.85. The molecular formula is C22H32F13NO7. The maximum Gasteiger partial charge on any atom is 0.460 e. The molecule has 0 aromatic rings. The molecule has 0 aliphatic carbocycles. The van der Waals surface area contributed by atoms with Crippen LogP contribution in [-0.2, 0) is 33.2 Å². The first-order valence-corrected chi connectivity index (χ1v) is 12.2. The number of alkyl halides is 13. The molecule has 8 nitrogen and oxygen atoms in total. The van der Waals surface area contributed by atoms with E-state index in [1.807, 2.05) is 0 Å². The van der Waals surface area contributed by atoms with Crippen LogP contribution in [0.15, 0.2) is 0 Å². The summed E-state index contributed by atoms with van der Waals surface area (Å²) in [6.07, 6.45) is -10.5. The van der Waals surface area contributed by atoms with Crippen molar-refractivity contribution in [2.45, 2.75) is 42.2 Å². The molecule has 0 saturated carbocycles. The number of nitrogens with zero attached hydrogens (tertiary/aromatic N) is 1. The molecule has 0 radical (unpaired) electrons. The van der Waals surface area contributed by atoms with E-state index in [0.717, 1.165) is 0 Å². The van der Waals surface area contributed by atoms with Crippen LogP contribution in [0.5, 0.6) is 0 Å². The Hall–Kier alpha value is -1.68. The fraction of sp³-hybridized carbons (Fsp3) is 0.955. The first-order chi connectivity index (χ1) is 19.7. The van der Waals surface area contributed by atoms with Crippen molar-refractivity contribution in [2.24, 2.45) is 0 Å². The summed E-state index contributed by atoms with van der Waals surface area (Å²) in [7, 11) is 2.79. The Labute approximate surface area is 237 Å². The molecule has 0 spiro atoms. The van der Waals surface area contributed by atoms with Gasteiger partial charge >= 0.3 is 35.8 Å². The summed E-state index contributed by atoms with van der Waals surface area (Å²) in [6.45, 7) is -1.81. The highest BCUT2D eigenvalue weighted by Crippen LogP contribution is 2.60. The van der Waals surface area contributed by atoms with E-state index in [4.69, 9.17) is 28.4 Å². The van der Waals surface area contributed by atoms with Gasteiger partial charge in [-0.05, 0) is 0 Å². The third kappa shape index (κ3) is 11.3. The number of carbonyl (C=O) groups excluding carboxylic acids is 1. The lowest BCUT2D eigenvalue weighted by Crippen LogP contribution is -2.70. The molecule has 43 heavy (non-hydrogen) atoms. The van der Waals surface area contributed by atoms with Gasteiger partial charge in [-0.1, -0.05) is 0 Å². The van der Waals surface area contributed by atoms with Crippen molar-refractivity contribution < 1.29 is 90.3 Å². The first kappa shape index (κ1) is 41.3. The van der Waals surface area contributed by atoms with Crippen LogP contribution in [0.25, 0.3) is 0 Å².